The lowest BCUT2D eigenvalue weighted by Gasteiger charge is -2.16. The van der Waals surface area contributed by atoms with Gasteiger partial charge in [-0.1, -0.05) is 30.0 Å². The van der Waals surface area contributed by atoms with Crippen LogP contribution in [0.3, 0.4) is 0 Å². The number of carbonyl (C=O) groups excluding carboxylic acids is 1. The van der Waals surface area contributed by atoms with Gasteiger partial charge in [-0.25, -0.2) is 4.79 Å². The van der Waals surface area contributed by atoms with Gasteiger partial charge in [-0.15, -0.1) is 0 Å². The summed E-state index contributed by atoms with van der Waals surface area (Å²) < 4.78 is 5.46. The molecular formula is C16H14NO5-. The van der Waals surface area contributed by atoms with Crippen molar-refractivity contribution < 1.29 is 24.5 Å². The Morgan fingerprint density at radius 2 is 1.86 bits per heavy atom. The van der Waals surface area contributed by atoms with E-state index in [1.165, 1.54) is 6.07 Å². The molecule has 0 unspecified atom stereocenters. The minimum absolute atomic E-state index is 0.227. The van der Waals surface area contributed by atoms with Crippen molar-refractivity contribution in [2.75, 3.05) is 5.32 Å². The minimum atomic E-state index is -1.34. The average molecular weight is 300 g/mol. The van der Waals surface area contributed by atoms with E-state index >= 15 is 0 Å². The van der Waals surface area contributed by atoms with Gasteiger partial charge in [0.05, 0.1) is 5.56 Å². The maximum atomic E-state index is 12.0. The number of carbonyl (C=O) groups is 2. The normalized spacial score (nSPS) is 11.5. The molecule has 0 saturated heterocycles. The molecule has 6 nitrogen and oxygen atoms in total. The fourth-order valence-corrected chi connectivity index (χ4v) is 1.78. The quantitative estimate of drug-likeness (QED) is 0.878. The van der Waals surface area contributed by atoms with Gasteiger partial charge in [0.25, 0.3) is 5.91 Å². The summed E-state index contributed by atoms with van der Waals surface area (Å²) in [5, 5.41) is 22.8. The zero-order chi connectivity index (χ0) is 16.1. The van der Waals surface area contributed by atoms with Crippen molar-refractivity contribution in [3.05, 3.63) is 54.1 Å². The number of amides is 1. The van der Waals surface area contributed by atoms with Crippen LogP contribution in [0.25, 0.3) is 0 Å². The zero-order valence-electron chi connectivity index (χ0n) is 11.8. The fraction of sp³-hybridized carbons (Fsp3) is 0.125. The van der Waals surface area contributed by atoms with Gasteiger partial charge < -0.3 is 20.3 Å². The van der Waals surface area contributed by atoms with Gasteiger partial charge >= 0.3 is 5.97 Å². The predicted octanol–water partition coefficient (Wildman–Crippen LogP) is 1.86. The Morgan fingerprint density at radius 1 is 1.18 bits per heavy atom. The second-order valence-electron chi connectivity index (χ2n) is 4.58. The molecule has 2 aromatic carbocycles. The van der Waals surface area contributed by atoms with E-state index in [0.717, 1.165) is 12.1 Å². The third-order valence-electron chi connectivity index (χ3n) is 2.90. The van der Waals surface area contributed by atoms with Crippen molar-refractivity contribution in [2.45, 2.75) is 13.0 Å². The predicted molar refractivity (Wildman–Crippen MR) is 78.0 cm³/mol. The van der Waals surface area contributed by atoms with Crippen LogP contribution in [-0.2, 0) is 4.79 Å². The highest BCUT2D eigenvalue weighted by Crippen LogP contribution is 2.19. The smallest absolute Gasteiger partial charge is 0.335 e. The number of rotatable bonds is 5. The van der Waals surface area contributed by atoms with Crippen molar-refractivity contribution in [1.29, 1.82) is 0 Å². The second-order valence-corrected chi connectivity index (χ2v) is 4.58. The average Bonchev–Trinajstić information content (AvgIpc) is 2.49. The molecule has 0 heterocycles. The lowest BCUT2D eigenvalue weighted by atomic mass is 10.1. The number of para-hydroxylation sites is 1. The number of benzene rings is 2. The van der Waals surface area contributed by atoms with Crippen LogP contribution in [-0.4, -0.2) is 23.1 Å². The molecule has 2 aromatic rings. The maximum absolute atomic E-state index is 12.0. The Balaban J connectivity index is 2.05. The van der Waals surface area contributed by atoms with E-state index < -0.39 is 29.3 Å². The molecule has 2 rings (SSSR count). The number of hydrogen-bond donors (Lipinski definition) is 2. The van der Waals surface area contributed by atoms with Crippen molar-refractivity contribution in [3.8, 4) is 11.5 Å². The number of aromatic carboxylic acids is 1. The third-order valence-corrected chi connectivity index (χ3v) is 2.90. The van der Waals surface area contributed by atoms with Gasteiger partial charge in [0.15, 0.2) is 6.10 Å². The van der Waals surface area contributed by atoms with E-state index in [0.29, 0.717) is 5.75 Å². The first kappa shape index (κ1) is 15.4. The van der Waals surface area contributed by atoms with Crippen LogP contribution in [0.1, 0.15) is 17.3 Å². The molecule has 114 valence electrons. The van der Waals surface area contributed by atoms with Crippen LogP contribution in [0.15, 0.2) is 48.5 Å². The number of carboxylic acid groups (broad SMARTS) is 1. The monoisotopic (exact) mass is 300 g/mol. The first-order chi connectivity index (χ1) is 10.5. The van der Waals surface area contributed by atoms with Gasteiger partial charge in [0.2, 0.25) is 0 Å². The van der Waals surface area contributed by atoms with Crippen LogP contribution < -0.4 is 15.2 Å². The first-order valence-corrected chi connectivity index (χ1v) is 6.54. The molecule has 22 heavy (non-hydrogen) atoms. The standard InChI is InChI=1S/C16H15NO5/c1-10(22-12-5-3-2-4-6-12)15(19)17-11-7-8-14(18)13(9-11)16(20)21/h2-10,18H,1H3,(H,17,19)(H,20,21)/p-1/t10-/m1/s1. The van der Waals surface area contributed by atoms with E-state index in [4.69, 9.17) is 9.84 Å². The molecule has 0 fully saturated rings. The SMILES string of the molecule is C[C@@H](Oc1ccccc1)C(=O)Nc1ccc([O-])c(C(=O)O)c1. The van der Waals surface area contributed by atoms with E-state index in [1.54, 1.807) is 31.2 Å². The van der Waals surface area contributed by atoms with Gasteiger partial charge in [0.1, 0.15) is 5.75 Å². The minimum Gasteiger partial charge on any atom is -0.872 e. The highest BCUT2D eigenvalue weighted by molar-refractivity contribution is 5.97. The summed E-state index contributed by atoms with van der Waals surface area (Å²) in [4.78, 5) is 22.9. The van der Waals surface area contributed by atoms with Gasteiger partial charge in [-0.3, -0.25) is 4.79 Å². The van der Waals surface area contributed by atoms with Crippen molar-refractivity contribution >= 4 is 17.6 Å². The number of nitrogens with one attached hydrogen (secondary N) is 1. The van der Waals surface area contributed by atoms with Crippen molar-refractivity contribution in [2.24, 2.45) is 0 Å². The molecule has 0 aliphatic carbocycles. The first-order valence-electron chi connectivity index (χ1n) is 6.54. The zero-order valence-corrected chi connectivity index (χ0v) is 11.8. The van der Waals surface area contributed by atoms with Gasteiger partial charge in [-0.2, -0.15) is 0 Å². The molecule has 0 aliphatic rings. The molecular weight excluding hydrogens is 286 g/mol. The van der Waals surface area contributed by atoms with E-state index in [-0.39, 0.29) is 5.69 Å². The molecule has 0 aromatic heterocycles. The lowest BCUT2D eigenvalue weighted by Crippen LogP contribution is -2.30. The number of ether oxygens (including phenoxy) is 1. The third kappa shape index (κ3) is 3.76. The largest absolute Gasteiger partial charge is 0.872 e. The number of anilines is 1. The molecule has 0 aliphatic heterocycles. The highest BCUT2D eigenvalue weighted by Gasteiger charge is 2.15. The Labute approximate surface area is 127 Å². The van der Waals surface area contributed by atoms with Crippen LogP contribution in [0.4, 0.5) is 5.69 Å². The number of carboxylic acids is 1. The van der Waals surface area contributed by atoms with Crippen LogP contribution in [0.2, 0.25) is 0 Å². The molecule has 0 bridgehead atoms. The van der Waals surface area contributed by atoms with Crippen molar-refractivity contribution in [1.82, 2.24) is 0 Å². The summed E-state index contributed by atoms with van der Waals surface area (Å²) in [6, 6.07) is 12.4. The summed E-state index contributed by atoms with van der Waals surface area (Å²) in [5.41, 5.74) is -0.167. The molecule has 6 heteroatoms. The van der Waals surface area contributed by atoms with Gasteiger partial charge in [0, 0.05) is 5.69 Å². The topological polar surface area (TPSA) is 98.7 Å². The van der Waals surface area contributed by atoms with Crippen molar-refractivity contribution in [3.63, 3.8) is 0 Å². The van der Waals surface area contributed by atoms with E-state index in [9.17, 15) is 14.7 Å². The van der Waals surface area contributed by atoms with Gasteiger partial charge in [-0.05, 0) is 31.2 Å². The molecule has 1 atom stereocenters. The summed E-state index contributed by atoms with van der Waals surface area (Å²) in [6.07, 6.45) is -0.775. The maximum Gasteiger partial charge on any atom is 0.335 e. The summed E-state index contributed by atoms with van der Waals surface area (Å²) >= 11 is 0. The summed E-state index contributed by atoms with van der Waals surface area (Å²) in [5.74, 6) is -1.85. The molecule has 1 amide bonds. The Hall–Kier alpha value is -3.02. The highest BCUT2D eigenvalue weighted by atomic mass is 16.5. The summed E-state index contributed by atoms with van der Waals surface area (Å²) in [7, 11) is 0. The summed E-state index contributed by atoms with van der Waals surface area (Å²) in [6.45, 7) is 1.57. The Kier molecular flexibility index (Phi) is 4.63. The molecule has 2 N–H and O–H groups in total. The Morgan fingerprint density at radius 3 is 2.50 bits per heavy atom. The van der Waals surface area contributed by atoms with Crippen LogP contribution >= 0.6 is 0 Å². The van der Waals surface area contributed by atoms with Crippen LogP contribution in [0.5, 0.6) is 11.5 Å². The van der Waals surface area contributed by atoms with Crippen LogP contribution in [0, 0.1) is 0 Å². The Bertz CT molecular complexity index is 684. The van der Waals surface area contributed by atoms with E-state index in [1.807, 2.05) is 6.07 Å². The second kappa shape index (κ2) is 6.62. The number of hydrogen-bond acceptors (Lipinski definition) is 4. The molecule has 0 spiro atoms. The molecule has 0 radical (unpaired) electrons. The fourth-order valence-electron chi connectivity index (χ4n) is 1.78. The molecule has 0 saturated carbocycles. The van der Waals surface area contributed by atoms with E-state index in [2.05, 4.69) is 5.32 Å². The lowest BCUT2D eigenvalue weighted by molar-refractivity contribution is -0.268.